The summed E-state index contributed by atoms with van der Waals surface area (Å²) in [6, 6.07) is 6.23. The molecular weight excluding hydrogens is 406 g/mol. The Labute approximate surface area is 187 Å². The van der Waals surface area contributed by atoms with Gasteiger partial charge in [0.25, 0.3) is 0 Å². The predicted molar refractivity (Wildman–Crippen MR) is 126 cm³/mol. The lowest BCUT2D eigenvalue weighted by Gasteiger charge is -2.36. The van der Waals surface area contributed by atoms with Crippen LogP contribution in [0.4, 0.5) is 5.82 Å². The van der Waals surface area contributed by atoms with Crippen molar-refractivity contribution in [2.75, 3.05) is 38.3 Å². The molecule has 3 aromatic rings. The van der Waals surface area contributed by atoms with Gasteiger partial charge in [-0.1, -0.05) is 0 Å². The number of hydrazine groups is 1. The molecule has 0 bridgehead atoms. The summed E-state index contributed by atoms with van der Waals surface area (Å²) < 4.78 is 7.86. The van der Waals surface area contributed by atoms with E-state index in [1.807, 2.05) is 19.2 Å². The number of fused-ring (bicyclic) bond motifs is 3. The van der Waals surface area contributed by atoms with Gasteiger partial charge in [0.15, 0.2) is 0 Å². The molecule has 0 aromatic carbocycles. The fourth-order valence-electron chi connectivity index (χ4n) is 4.84. The molecule has 2 saturated heterocycles. The van der Waals surface area contributed by atoms with Crippen LogP contribution in [-0.2, 0) is 11.3 Å². The second kappa shape index (κ2) is 8.23. The van der Waals surface area contributed by atoms with Crippen molar-refractivity contribution in [2.24, 2.45) is 17.5 Å². The quantitative estimate of drug-likeness (QED) is 0.407. The van der Waals surface area contributed by atoms with Gasteiger partial charge in [0, 0.05) is 62.7 Å². The summed E-state index contributed by atoms with van der Waals surface area (Å²) >= 11 is 0. The SMILES string of the molecule is C/C(N)=C(\c1cnc2c3ccc(N4CC(O)C4)nc3n(CC3CCOCC3)c2c1)N(C)N. The third-order valence-electron chi connectivity index (χ3n) is 6.50. The van der Waals surface area contributed by atoms with E-state index in [4.69, 9.17) is 26.3 Å². The smallest absolute Gasteiger partial charge is 0.145 e. The van der Waals surface area contributed by atoms with Crippen LogP contribution in [0.15, 0.2) is 30.1 Å². The molecule has 5 rings (SSSR count). The average molecular weight is 438 g/mol. The molecule has 3 aromatic heterocycles. The van der Waals surface area contributed by atoms with Crippen LogP contribution in [0.2, 0.25) is 0 Å². The second-order valence-corrected chi connectivity index (χ2v) is 9.00. The number of aromatic nitrogens is 3. The Balaban J connectivity index is 1.67. The monoisotopic (exact) mass is 437 g/mol. The molecule has 9 heteroatoms. The molecule has 0 radical (unpaired) electrons. The summed E-state index contributed by atoms with van der Waals surface area (Å²) in [4.78, 5) is 11.9. The number of anilines is 1. The lowest BCUT2D eigenvalue weighted by molar-refractivity contribution is 0.0619. The number of aliphatic hydroxyl groups is 1. The third-order valence-corrected chi connectivity index (χ3v) is 6.50. The lowest BCUT2D eigenvalue weighted by atomic mass is 10.0. The Morgan fingerprint density at radius 2 is 2.03 bits per heavy atom. The van der Waals surface area contributed by atoms with Crippen molar-refractivity contribution < 1.29 is 9.84 Å². The van der Waals surface area contributed by atoms with Crippen molar-refractivity contribution in [3.05, 3.63) is 35.7 Å². The summed E-state index contributed by atoms with van der Waals surface area (Å²) in [6.07, 6.45) is 3.62. The molecule has 0 unspecified atom stereocenters. The van der Waals surface area contributed by atoms with Crippen LogP contribution in [-0.4, -0.2) is 64.1 Å². The van der Waals surface area contributed by atoms with Gasteiger partial charge in [-0.2, -0.15) is 0 Å². The van der Waals surface area contributed by atoms with E-state index >= 15 is 0 Å². The zero-order chi connectivity index (χ0) is 22.4. The Morgan fingerprint density at radius 3 is 2.69 bits per heavy atom. The highest BCUT2D eigenvalue weighted by Gasteiger charge is 2.27. The Kier molecular flexibility index (Phi) is 5.40. The molecule has 2 aliphatic rings. The van der Waals surface area contributed by atoms with Crippen LogP contribution < -0.4 is 16.5 Å². The number of pyridine rings is 2. The van der Waals surface area contributed by atoms with Crippen molar-refractivity contribution in [1.82, 2.24) is 19.5 Å². The topological polar surface area (TPSA) is 119 Å². The minimum absolute atomic E-state index is 0.275. The molecule has 2 fully saturated rings. The van der Waals surface area contributed by atoms with Gasteiger partial charge in [0.1, 0.15) is 11.5 Å². The molecule has 0 saturated carbocycles. The molecule has 5 heterocycles. The average Bonchev–Trinajstić information content (AvgIpc) is 3.04. The number of hydrogen-bond acceptors (Lipinski definition) is 8. The molecule has 9 nitrogen and oxygen atoms in total. The molecule has 0 atom stereocenters. The first kappa shape index (κ1) is 21.0. The Hall–Kier alpha value is -2.88. The molecular formula is C23H31N7O2. The molecule has 0 amide bonds. The normalized spacial score (nSPS) is 18.8. The molecule has 32 heavy (non-hydrogen) atoms. The second-order valence-electron chi connectivity index (χ2n) is 9.00. The minimum atomic E-state index is -0.275. The zero-order valence-corrected chi connectivity index (χ0v) is 18.7. The lowest BCUT2D eigenvalue weighted by Crippen LogP contribution is -2.51. The van der Waals surface area contributed by atoms with Gasteiger partial charge in [-0.15, -0.1) is 0 Å². The minimum Gasteiger partial charge on any atom is -0.401 e. The fraction of sp³-hybridized carbons (Fsp3) is 0.478. The number of β-amino-alcohol motifs (C(OH)–C–C–N with tert-alkyl or cyclic N) is 1. The van der Waals surface area contributed by atoms with Gasteiger partial charge in [-0.05, 0) is 43.9 Å². The number of nitrogens with zero attached hydrogens (tertiary/aromatic N) is 5. The van der Waals surface area contributed by atoms with Crippen molar-refractivity contribution in [2.45, 2.75) is 32.4 Å². The third kappa shape index (κ3) is 3.66. The fourth-order valence-corrected chi connectivity index (χ4v) is 4.84. The first-order valence-corrected chi connectivity index (χ1v) is 11.2. The van der Waals surface area contributed by atoms with E-state index in [0.29, 0.717) is 24.7 Å². The first-order valence-electron chi connectivity index (χ1n) is 11.2. The standard InChI is InChI=1S/C23H31N7O2/c1-14(24)22(28(2)25)16-9-19-21(26-10-16)18-3-4-20(29-12-17(31)13-29)27-23(18)30(19)11-15-5-7-32-8-6-15/h3-4,9-10,15,17,31H,5-8,11-13,24-25H2,1-2H3/b22-14-. The van der Waals surface area contributed by atoms with E-state index in [0.717, 1.165) is 71.7 Å². The Morgan fingerprint density at radius 1 is 1.28 bits per heavy atom. The van der Waals surface area contributed by atoms with Crippen LogP contribution >= 0.6 is 0 Å². The van der Waals surface area contributed by atoms with Gasteiger partial charge in [-0.25, -0.2) is 10.8 Å². The maximum absolute atomic E-state index is 9.73. The van der Waals surface area contributed by atoms with Gasteiger partial charge >= 0.3 is 0 Å². The van der Waals surface area contributed by atoms with Crippen molar-refractivity contribution in [3.63, 3.8) is 0 Å². The molecule has 0 spiro atoms. The largest absolute Gasteiger partial charge is 0.401 e. The maximum atomic E-state index is 9.73. The highest BCUT2D eigenvalue weighted by molar-refractivity contribution is 6.05. The summed E-state index contributed by atoms with van der Waals surface area (Å²) in [5, 5.41) is 12.3. The van der Waals surface area contributed by atoms with Crippen LogP contribution in [0.25, 0.3) is 27.8 Å². The summed E-state index contributed by atoms with van der Waals surface area (Å²) in [6.45, 7) is 5.53. The van der Waals surface area contributed by atoms with Crippen LogP contribution in [0.1, 0.15) is 25.3 Å². The van der Waals surface area contributed by atoms with Crippen LogP contribution in [0.5, 0.6) is 0 Å². The number of ether oxygens (including phenoxy) is 1. The van der Waals surface area contributed by atoms with Gasteiger partial charge in [0.2, 0.25) is 0 Å². The van der Waals surface area contributed by atoms with Crippen molar-refractivity contribution >= 4 is 33.6 Å². The highest BCUT2D eigenvalue weighted by atomic mass is 16.5. The van der Waals surface area contributed by atoms with E-state index in [9.17, 15) is 5.11 Å². The maximum Gasteiger partial charge on any atom is 0.145 e. The number of hydrogen-bond donors (Lipinski definition) is 3. The number of aliphatic hydroxyl groups excluding tert-OH is 1. The molecule has 2 aliphatic heterocycles. The number of rotatable bonds is 5. The van der Waals surface area contributed by atoms with Crippen molar-refractivity contribution in [3.8, 4) is 0 Å². The summed E-state index contributed by atoms with van der Waals surface area (Å²) in [5.74, 6) is 7.48. The van der Waals surface area contributed by atoms with Crippen LogP contribution in [0, 0.1) is 5.92 Å². The number of nitrogens with two attached hydrogens (primary N) is 2. The van der Waals surface area contributed by atoms with E-state index in [2.05, 4.69) is 21.6 Å². The summed E-state index contributed by atoms with van der Waals surface area (Å²) in [7, 11) is 1.78. The van der Waals surface area contributed by atoms with Gasteiger partial charge in [0.05, 0.1) is 22.8 Å². The molecule has 0 aliphatic carbocycles. The van der Waals surface area contributed by atoms with Gasteiger partial charge < -0.3 is 30.1 Å². The number of allylic oxidation sites excluding steroid dienone is 1. The first-order chi connectivity index (χ1) is 15.4. The van der Waals surface area contributed by atoms with E-state index in [1.165, 1.54) is 5.01 Å². The van der Waals surface area contributed by atoms with Gasteiger partial charge in [-0.3, -0.25) is 4.98 Å². The van der Waals surface area contributed by atoms with E-state index in [1.54, 1.807) is 7.05 Å². The van der Waals surface area contributed by atoms with E-state index < -0.39 is 0 Å². The highest BCUT2D eigenvalue weighted by Crippen LogP contribution is 2.33. The summed E-state index contributed by atoms with van der Waals surface area (Å²) in [5.41, 5.74) is 11.3. The van der Waals surface area contributed by atoms with Crippen LogP contribution in [0.3, 0.4) is 0 Å². The van der Waals surface area contributed by atoms with Crippen molar-refractivity contribution in [1.29, 1.82) is 0 Å². The molecule has 5 N–H and O–H groups in total. The molecule has 170 valence electrons. The predicted octanol–water partition coefficient (Wildman–Crippen LogP) is 1.64. The zero-order valence-electron chi connectivity index (χ0n) is 18.7. The van der Waals surface area contributed by atoms with E-state index in [-0.39, 0.29) is 6.10 Å². The Bertz CT molecular complexity index is 1170.